The zero-order chi connectivity index (χ0) is 16.1. The molecule has 1 aromatic carbocycles. The highest BCUT2D eigenvalue weighted by molar-refractivity contribution is 5.85. The Bertz CT molecular complexity index is 555. The summed E-state index contributed by atoms with van der Waals surface area (Å²) in [6.07, 6.45) is 3.07. The van der Waals surface area contributed by atoms with Gasteiger partial charge in [-0.25, -0.2) is 0 Å². The third-order valence-corrected chi connectivity index (χ3v) is 4.18. The van der Waals surface area contributed by atoms with Crippen molar-refractivity contribution in [2.45, 2.75) is 25.3 Å². The highest BCUT2D eigenvalue weighted by atomic mass is 35.5. The number of amides is 1. The van der Waals surface area contributed by atoms with Gasteiger partial charge in [0.2, 0.25) is 5.91 Å². The van der Waals surface area contributed by atoms with Crippen LogP contribution < -0.4 is 16.0 Å². The molecule has 2 rings (SSSR count). The summed E-state index contributed by atoms with van der Waals surface area (Å²) in [6, 6.07) is 6.53. The van der Waals surface area contributed by atoms with Gasteiger partial charge in [0, 0.05) is 19.2 Å². The average molecular weight is 343 g/mol. The molecule has 1 saturated carbocycles. The number of rotatable bonds is 6. The lowest BCUT2D eigenvalue weighted by Crippen LogP contribution is -2.44. The summed E-state index contributed by atoms with van der Waals surface area (Å²) in [5, 5.41) is 14.0. The molecule has 0 aromatic heterocycles. The predicted molar refractivity (Wildman–Crippen MR) is 91.9 cm³/mol. The number of nitro benzene ring substituents is 1. The Balaban J connectivity index is 0.00000264. The van der Waals surface area contributed by atoms with Crippen LogP contribution in [-0.2, 0) is 4.79 Å². The van der Waals surface area contributed by atoms with E-state index >= 15 is 0 Å². The second-order valence-electron chi connectivity index (χ2n) is 5.70. The summed E-state index contributed by atoms with van der Waals surface area (Å²) >= 11 is 0. The molecule has 128 valence electrons. The number of nitrogens with one attached hydrogen (secondary N) is 1. The number of benzene rings is 1. The van der Waals surface area contributed by atoms with Crippen LogP contribution in [0.2, 0.25) is 0 Å². The van der Waals surface area contributed by atoms with E-state index in [1.807, 2.05) is 0 Å². The van der Waals surface area contributed by atoms with Crippen LogP contribution >= 0.6 is 12.4 Å². The predicted octanol–water partition coefficient (Wildman–Crippen LogP) is 1.70. The van der Waals surface area contributed by atoms with Crippen molar-refractivity contribution in [1.82, 2.24) is 5.32 Å². The van der Waals surface area contributed by atoms with Gasteiger partial charge in [0.15, 0.2) is 0 Å². The van der Waals surface area contributed by atoms with Crippen molar-refractivity contribution >= 4 is 29.7 Å². The molecule has 0 spiro atoms. The molecule has 0 aliphatic heterocycles. The van der Waals surface area contributed by atoms with Crippen LogP contribution in [0.5, 0.6) is 0 Å². The van der Waals surface area contributed by atoms with E-state index in [0.29, 0.717) is 18.2 Å². The summed E-state index contributed by atoms with van der Waals surface area (Å²) in [6.45, 7) is 0.656. The topological polar surface area (TPSA) is 102 Å². The van der Waals surface area contributed by atoms with Crippen LogP contribution in [0.25, 0.3) is 0 Å². The van der Waals surface area contributed by atoms with E-state index in [4.69, 9.17) is 5.73 Å². The van der Waals surface area contributed by atoms with Gasteiger partial charge in [-0.15, -0.1) is 12.4 Å². The summed E-state index contributed by atoms with van der Waals surface area (Å²) in [5.74, 6) is 0.200. The van der Waals surface area contributed by atoms with E-state index < -0.39 is 4.92 Å². The lowest BCUT2D eigenvalue weighted by molar-refractivity contribution is -0.384. The van der Waals surface area contributed by atoms with Gasteiger partial charge in [-0.3, -0.25) is 14.9 Å². The number of hydrogen-bond donors (Lipinski definition) is 2. The molecule has 1 fully saturated rings. The molecule has 2 unspecified atom stereocenters. The smallest absolute Gasteiger partial charge is 0.292 e. The fraction of sp³-hybridized carbons (Fsp3) is 0.533. The third-order valence-electron chi connectivity index (χ3n) is 4.18. The van der Waals surface area contributed by atoms with Crippen molar-refractivity contribution in [1.29, 1.82) is 0 Å². The second kappa shape index (κ2) is 8.69. The van der Waals surface area contributed by atoms with Gasteiger partial charge in [-0.1, -0.05) is 18.6 Å². The van der Waals surface area contributed by atoms with Crippen LogP contribution in [0.4, 0.5) is 11.4 Å². The highest BCUT2D eigenvalue weighted by Gasteiger charge is 2.28. The zero-order valence-corrected chi connectivity index (χ0v) is 13.9. The number of nitrogens with zero attached hydrogens (tertiary/aromatic N) is 2. The van der Waals surface area contributed by atoms with Crippen LogP contribution in [0.3, 0.4) is 0 Å². The fourth-order valence-corrected chi connectivity index (χ4v) is 3.00. The van der Waals surface area contributed by atoms with E-state index in [1.165, 1.54) is 6.07 Å². The molecule has 23 heavy (non-hydrogen) atoms. The van der Waals surface area contributed by atoms with Gasteiger partial charge < -0.3 is 16.0 Å². The number of likely N-dealkylation sites (N-methyl/N-ethyl adjacent to an activating group) is 1. The standard InChI is InChI=1S/C15H22N4O3.ClH/c1-18(13-7-2-3-8-14(13)19(21)22)10-15(20)17-12-6-4-5-11(12)9-16;/h2-3,7-8,11-12H,4-6,9-10,16H2,1H3,(H,17,20);1H. The Kier molecular flexibility index (Phi) is 7.25. The van der Waals surface area contributed by atoms with E-state index in [-0.39, 0.29) is 36.6 Å². The Hall–Kier alpha value is -1.86. The number of nitro groups is 1. The molecular formula is C15H23ClN4O3. The van der Waals surface area contributed by atoms with Crippen molar-refractivity contribution in [3.8, 4) is 0 Å². The van der Waals surface area contributed by atoms with Crippen molar-refractivity contribution in [3.05, 3.63) is 34.4 Å². The quantitative estimate of drug-likeness (QED) is 0.605. The summed E-state index contributed by atoms with van der Waals surface area (Å²) in [5.41, 5.74) is 6.14. The molecule has 1 aromatic rings. The minimum absolute atomic E-state index is 0. The van der Waals surface area contributed by atoms with Gasteiger partial charge in [-0.2, -0.15) is 0 Å². The molecule has 0 radical (unpaired) electrons. The average Bonchev–Trinajstić information content (AvgIpc) is 2.94. The van der Waals surface area contributed by atoms with Gasteiger partial charge in [0.25, 0.3) is 5.69 Å². The van der Waals surface area contributed by atoms with Crippen molar-refractivity contribution in [3.63, 3.8) is 0 Å². The zero-order valence-electron chi connectivity index (χ0n) is 13.1. The Morgan fingerprint density at radius 3 is 2.78 bits per heavy atom. The minimum atomic E-state index is -0.439. The van der Waals surface area contributed by atoms with Gasteiger partial charge in [-0.05, 0) is 31.4 Å². The maximum atomic E-state index is 12.2. The molecule has 3 N–H and O–H groups in total. The lowest BCUT2D eigenvalue weighted by Gasteiger charge is -2.23. The summed E-state index contributed by atoms with van der Waals surface area (Å²) in [4.78, 5) is 24.4. The number of hydrogen-bond acceptors (Lipinski definition) is 5. The largest absolute Gasteiger partial charge is 0.360 e. The van der Waals surface area contributed by atoms with E-state index in [2.05, 4.69) is 5.32 Å². The first-order valence-corrected chi connectivity index (χ1v) is 7.47. The molecule has 1 aliphatic rings. The number of carbonyl (C=O) groups is 1. The highest BCUT2D eigenvalue weighted by Crippen LogP contribution is 2.27. The lowest BCUT2D eigenvalue weighted by atomic mass is 10.0. The van der Waals surface area contributed by atoms with Crippen molar-refractivity contribution < 1.29 is 9.72 Å². The van der Waals surface area contributed by atoms with Gasteiger partial charge in [0.1, 0.15) is 5.69 Å². The summed E-state index contributed by atoms with van der Waals surface area (Å²) in [7, 11) is 1.68. The van der Waals surface area contributed by atoms with Crippen LogP contribution in [-0.4, -0.2) is 37.0 Å². The molecule has 0 saturated heterocycles. The molecule has 7 nitrogen and oxygen atoms in total. The number of nitrogens with two attached hydrogens (primary N) is 1. The third kappa shape index (κ3) is 4.80. The Morgan fingerprint density at radius 1 is 1.43 bits per heavy atom. The fourth-order valence-electron chi connectivity index (χ4n) is 3.00. The van der Waals surface area contributed by atoms with Gasteiger partial charge >= 0.3 is 0 Å². The Morgan fingerprint density at radius 2 is 2.13 bits per heavy atom. The molecule has 2 atom stereocenters. The molecule has 0 bridgehead atoms. The monoisotopic (exact) mass is 342 g/mol. The molecule has 8 heteroatoms. The molecular weight excluding hydrogens is 320 g/mol. The van der Waals surface area contributed by atoms with E-state index in [9.17, 15) is 14.9 Å². The molecule has 0 heterocycles. The first-order valence-electron chi connectivity index (χ1n) is 7.47. The normalized spacial score (nSPS) is 19.7. The molecule has 1 aliphatic carbocycles. The first kappa shape index (κ1) is 19.2. The van der Waals surface area contributed by atoms with Crippen LogP contribution in [0.1, 0.15) is 19.3 Å². The number of anilines is 1. The van der Waals surface area contributed by atoms with E-state index in [1.54, 1.807) is 30.1 Å². The summed E-state index contributed by atoms with van der Waals surface area (Å²) < 4.78 is 0. The molecule has 1 amide bonds. The van der Waals surface area contributed by atoms with Crippen molar-refractivity contribution in [2.24, 2.45) is 11.7 Å². The maximum absolute atomic E-state index is 12.2. The maximum Gasteiger partial charge on any atom is 0.292 e. The van der Waals surface area contributed by atoms with Gasteiger partial charge in [0.05, 0.1) is 11.5 Å². The number of carbonyl (C=O) groups excluding carboxylic acids is 1. The first-order chi connectivity index (χ1) is 10.5. The van der Waals surface area contributed by atoms with Crippen LogP contribution in [0, 0.1) is 16.0 Å². The SMILES string of the molecule is CN(CC(=O)NC1CCCC1CN)c1ccccc1[N+](=O)[O-].Cl. The Labute approximate surface area is 141 Å². The van der Waals surface area contributed by atoms with Crippen molar-refractivity contribution in [2.75, 3.05) is 25.0 Å². The van der Waals surface area contributed by atoms with E-state index in [0.717, 1.165) is 19.3 Å². The second-order valence-corrected chi connectivity index (χ2v) is 5.70. The minimum Gasteiger partial charge on any atom is -0.360 e. The number of halogens is 1. The van der Waals surface area contributed by atoms with Crippen LogP contribution in [0.15, 0.2) is 24.3 Å². The number of para-hydroxylation sites is 2.